The number of nitrogens with zero attached hydrogens (tertiary/aromatic N) is 2. The molecule has 134 valence electrons. The summed E-state index contributed by atoms with van der Waals surface area (Å²) in [6.07, 6.45) is 0. The van der Waals surface area contributed by atoms with Gasteiger partial charge in [-0.2, -0.15) is 4.98 Å². The van der Waals surface area contributed by atoms with Crippen LogP contribution in [0, 0.1) is 0 Å². The van der Waals surface area contributed by atoms with Gasteiger partial charge in [0.25, 0.3) is 0 Å². The fourth-order valence-corrected chi connectivity index (χ4v) is 2.67. The maximum Gasteiger partial charge on any atom is 0.225 e. The lowest BCUT2D eigenvalue weighted by Gasteiger charge is -2.17. The van der Waals surface area contributed by atoms with Crippen molar-refractivity contribution in [1.82, 2.24) is 9.97 Å². The Balaban J connectivity index is 1.86. The average molecular weight is 348 g/mol. The molecule has 3 rings (SSSR count). The van der Waals surface area contributed by atoms with Crippen LogP contribution in [-0.2, 0) is 4.74 Å². The van der Waals surface area contributed by atoms with Crippen LogP contribution >= 0.6 is 0 Å². The lowest BCUT2D eigenvalue weighted by atomic mass is 10.1. The number of methoxy groups -OCH3 is 1. The van der Waals surface area contributed by atoms with Gasteiger partial charge in [-0.3, -0.25) is 0 Å². The first-order valence-corrected chi connectivity index (χ1v) is 8.75. The van der Waals surface area contributed by atoms with Crippen LogP contribution in [0.4, 0.5) is 11.8 Å². The third-order valence-corrected chi connectivity index (χ3v) is 4.05. The van der Waals surface area contributed by atoms with Gasteiger partial charge in [-0.1, -0.05) is 60.7 Å². The molecule has 1 aromatic heterocycles. The molecule has 0 aliphatic carbocycles. The van der Waals surface area contributed by atoms with E-state index in [4.69, 9.17) is 4.74 Å². The van der Waals surface area contributed by atoms with Crippen molar-refractivity contribution < 1.29 is 4.74 Å². The smallest absolute Gasteiger partial charge is 0.225 e. The van der Waals surface area contributed by atoms with E-state index in [1.807, 2.05) is 54.6 Å². The van der Waals surface area contributed by atoms with E-state index in [9.17, 15) is 0 Å². The Morgan fingerprint density at radius 3 is 2.35 bits per heavy atom. The molecule has 0 spiro atoms. The number of aromatic nitrogens is 2. The van der Waals surface area contributed by atoms with E-state index in [-0.39, 0.29) is 6.04 Å². The SMILES string of the molecule is COCCNc1nc(NC(C)c2ccccc2)cc(-c2ccccc2)n1. The molecule has 0 radical (unpaired) electrons. The fourth-order valence-electron chi connectivity index (χ4n) is 2.67. The molecule has 3 aromatic rings. The topological polar surface area (TPSA) is 59.1 Å². The number of rotatable bonds is 8. The van der Waals surface area contributed by atoms with E-state index in [1.165, 1.54) is 5.56 Å². The van der Waals surface area contributed by atoms with Crippen molar-refractivity contribution in [2.45, 2.75) is 13.0 Å². The predicted molar refractivity (Wildman–Crippen MR) is 106 cm³/mol. The fraction of sp³-hybridized carbons (Fsp3) is 0.238. The lowest BCUT2D eigenvalue weighted by molar-refractivity contribution is 0.210. The van der Waals surface area contributed by atoms with Gasteiger partial charge in [-0.25, -0.2) is 4.98 Å². The van der Waals surface area contributed by atoms with Gasteiger partial charge in [0.05, 0.1) is 12.3 Å². The number of anilines is 2. The van der Waals surface area contributed by atoms with Crippen LogP contribution < -0.4 is 10.6 Å². The molecule has 5 nitrogen and oxygen atoms in total. The number of hydrogen-bond donors (Lipinski definition) is 2. The monoisotopic (exact) mass is 348 g/mol. The Morgan fingerprint density at radius 2 is 1.65 bits per heavy atom. The van der Waals surface area contributed by atoms with Gasteiger partial charge in [-0.05, 0) is 12.5 Å². The van der Waals surface area contributed by atoms with Crippen molar-refractivity contribution in [2.24, 2.45) is 0 Å². The van der Waals surface area contributed by atoms with Crippen LogP contribution in [0.1, 0.15) is 18.5 Å². The molecule has 0 aliphatic heterocycles. The van der Waals surface area contributed by atoms with Gasteiger partial charge in [0.15, 0.2) is 0 Å². The molecule has 0 bridgehead atoms. The molecule has 1 heterocycles. The van der Waals surface area contributed by atoms with Crippen molar-refractivity contribution in [3.05, 3.63) is 72.3 Å². The van der Waals surface area contributed by atoms with Crippen molar-refractivity contribution >= 4 is 11.8 Å². The van der Waals surface area contributed by atoms with E-state index in [2.05, 4.69) is 39.7 Å². The van der Waals surface area contributed by atoms with Crippen LogP contribution in [0.2, 0.25) is 0 Å². The summed E-state index contributed by atoms with van der Waals surface area (Å²) in [5, 5.41) is 6.70. The van der Waals surface area contributed by atoms with E-state index in [0.717, 1.165) is 17.1 Å². The second-order valence-electron chi connectivity index (χ2n) is 6.02. The molecule has 5 heteroatoms. The minimum atomic E-state index is 0.140. The lowest BCUT2D eigenvalue weighted by Crippen LogP contribution is -2.13. The maximum absolute atomic E-state index is 5.10. The van der Waals surface area contributed by atoms with Crippen molar-refractivity contribution in [3.8, 4) is 11.3 Å². The highest BCUT2D eigenvalue weighted by Crippen LogP contribution is 2.24. The Labute approximate surface area is 154 Å². The molecule has 1 atom stereocenters. The Hall–Kier alpha value is -2.92. The number of ether oxygens (including phenoxy) is 1. The molecule has 0 aliphatic rings. The number of nitrogens with one attached hydrogen (secondary N) is 2. The summed E-state index contributed by atoms with van der Waals surface area (Å²) in [6, 6.07) is 22.6. The first-order chi connectivity index (χ1) is 12.8. The van der Waals surface area contributed by atoms with Crippen molar-refractivity contribution in [1.29, 1.82) is 0 Å². The first-order valence-electron chi connectivity index (χ1n) is 8.75. The van der Waals surface area contributed by atoms with Gasteiger partial charge in [-0.15, -0.1) is 0 Å². The molecule has 0 saturated carbocycles. The van der Waals surface area contributed by atoms with E-state index >= 15 is 0 Å². The summed E-state index contributed by atoms with van der Waals surface area (Å²) in [4.78, 5) is 9.25. The molecule has 26 heavy (non-hydrogen) atoms. The summed E-state index contributed by atoms with van der Waals surface area (Å²) >= 11 is 0. The summed E-state index contributed by atoms with van der Waals surface area (Å²) in [6.45, 7) is 3.38. The largest absolute Gasteiger partial charge is 0.383 e. The quantitative estimate of drug-likeness (QED) is 0.592. The first kappa shape index (κ1) is 17.9. The molecular formula is C21H24N4O. The Kier molecular flexibility index (Phi) is 6.17. The van der Waals surface area contributed by atoms with Crippen LogP contribution in [0.5, 0.6) is 0 Å². The van der Waals surface area contributed by atoms with Crippen LogP contribution in [0.15, 0.2) is 66.7 Å². The standard InChI is InChI=1S/C21H24N4O/c1-16(17-9-5-3-6-10-17)23-20-15-19(18-11-7-4-8-12-18)24-21(25-20)22-13-14-26-2/h3-12,15-16H,13-14H2,1-2H3,(H2,22,23,24,25). The maximum atomic E-state index is 5.10. The van der Waals surface area contributed by atoms with Gasteiger partial charge in [0, 0.05) is 31.3 Å². The summed E-state index contributed by atoms with van der Waals surface area (Å²) in [7, 11) is 1.68. The molecular weight excluding hydrogens is 324 g/mol. The zero-order valence-electron chi connectivity index (χ0n) is 15.1. The van der Waals surface area contributed by atoms with Gasteiger partial charge < -0.3 is 15.4 Å². The molecule has 2 aromatic carbocycles. The second-order valence-corrected chi connectivity index (χ2v) is 6.02. The number of hydrogen-bond acceptors (Lipinski definition) is 5. The predicted octanol–water partition coefficient (Wildman–Crippen LogP) is 4.38. The molecule has 0 saturated heterocycles. The molecule has 0 fully saturated rings. The average Bonchev–Trinajstić information content (AvgIpc) is 2.69. The summed E-state index contributed by atoms with van der Waals surface area (Å²) in [5.74, 6) is 1.38. The third kappa shape index (κ3) is 4.80. The zero-order valence-corrected chi connectivity index (χ0v) is 15.1. The Bertz CT molecular complexity index is 809. The highest BCUT2D eigenvalue weighted by molar-refractivity contribution is 5.64. The van der Waals surface area contributed by atoms with E-state index in [1.54, 1.807) is 7.11 Å². The van der Waals surface area contributed by atoms with E-state index < -0.39 is 0 Å². The molecule has 2 N–H and O–H groups in total. The highest BCUT2D eigenvalue weighted by Gasteiger charge is 2.10. The van der Waals surface area contributed by atoms with Crippen LogP contribution in [0.3, 0.4) is 0 Å². The molecule has 1 unspecified atom stereocenters. The van der Waals surface area contributed by atoms with Crippen molar-refractivity contribution in [2.75, 3.05) is 30.9 Å². The van der Waals surface area contributed by atoms with E-state index in [0.29, 0.717) is 19.1 Å². The van der Waals surface area contributed by atoms with Gasteiger partial charge in [0.2, 0.25) is 5.95 Å². The second kappa shape index (κ2) is 8.97. The minimum Gasteiger partial charge on any atom is -0.383 e. The number of benzene rings is 2. The summed E-state index contributed by atoms with van der Waals surface area (Å²) < 4.78 is 5.10. The normalized spacial score (nSPS) is 11.8. The van der Waals surface area contributed by atoms with Crippen LogP contribution in [0.25, 0.3) is 11.3 Å². The van der Waals surface area contributed by atoms with Crippen molar-refractivity contribution in [3.63, 3.8) is 0 Å². The van der Waals surface area contributed by atoms with Gasteiger partial charge in [0.1, 0.15) is 5.82 Å². The zero-order chi connectivity index (χ0) is 18.2. The third-order valence-electron chi connectivity index (χ3n) is 4.05. The van der Waals surface area contributed by atoms with Gasteiger partial charge >= 0.3 is 0 Å². The summed E-state index contributed by atoms with van der Waals surface area (Å²) in [5.41, 5.74) is 3.14. The highest BCUT2D eigenvalue weighted by atomic mass is 16.5. The molecule has 0 amide bonds. The van der Waals surface area contributed by atoms with Crippen LogP contribution in [-0.4, -0.2) is 30.2 Å². The Morgan fingerprint density at radius 1 is 0.962 bits per heavy atom. The minimum absolute atomic E-state index is 0.140.